The fourth-order valence-electron chi connectivity index (χ4n) is 2.54. The Balaban J connectivity index is 2.22. The third kappa shape index (κ3) is 8.40. The van der Waals surface area contributed by atoms with Crippen molar-refractivity contribution in [3.05, 3.63) is 0 Å². The molecule has 0 bridgehead atoms. The third-order valence-electron chi connectivity index (χ3n) is 3.65. The van der Waals surface area contributed by atoms with Gasteiger partial charge in [-0.25, -0.2) is 0 Å². The summed E-state index contributed by atoms with van der Waals surface area (Å²) in [6.07, 6.45) is 5.94. The first-order valence-electron chi connectivity index (χ1n) is 8.35. The molecule has 128 valence electrons. The van der Waals surface area contributed by atoms with E-state index in [0.717, 1.165) is 32.1 Å². The number of rotatable bonds is 7. The normalized spacial score (nSPS) is 17.0. The molecule has 0 amide bonds. The molecule has 0 unspecified atom stereocenters. The van der Waals surface area contributed by atoms with Crippen LogP contribution in [0.1, 0.15) is 86.5 Å². The first kappa shape index (κ1) is 19.0. The van der Waals surface area contributed by atoms with Gasteiger partial charge in [0.2, 0.25) is 0 Å². The SMILES string of the molecule is CC(C)(C)OC(=O)CCCCC1(CC(=O)OC(C)(C)C)CC1. The van der Waals surface area contributed by atoms with E-state index in [1.54, 1.807) is 0 Å². The van der Waals surface area contributed by atoms with Crippen molar-refractivity contribution < 1.29 is 19.1 Å². The van der Waals surface area contributed by atoms with E-state index >= 15 is 0 Å². The van der Waals surface area contributed by atoms with Gasteiger partial charge in [0.15, 0.2) is 0 Å². The molecule has 0 spiro atoms. The summed E-state index contributed by atoms with van der Waals surface area (Å²) < 4.78 is 10.7. The number of hydrogen-bond donors (Lipinski definition) is 0. The number of esters is 2. The van der Waals surface area contributed by atoms with Gasteiger partial charge >= 0.3 is 11.9 Å². The van der Waals surface area contributed by atoms with Gasteiger partial charge in [0.1, 0.15) is 11.2 Å². The summed E-state index contributed by atoms with van der Waals surface area (Å²) in [7, 11) is 0. The molecular weight excluding hydrogens is 280 g/mol. The van der Waals surface area contributed by atoms with Crippen LogP contribution in [-0.2, 0) is 19.1 Å². The molecule has 1 aliphatic rings. The Morgan fingerprint density at radius 1 is 0.864 bits per heavy atom. The maximum Gasteiger partial charge on any atom is 0.306 e. The van der Waals surface area contributed by atoms with Gasteiger partial charge in [0.05, 0.1) is 6.42 Å². The molecule has 4 heteroatoms. The molecule has 0 aromatic heterocycles. The second kappa shape index (κ2) is 7.01. The largest absolute Gasteiger partial charge is 0.460 e. The van der Waals surface area contributed by atoms with E-state index in [1.807, 2.05) is 41.5 Å². The van der Waals surface area contributed by atoms with Crippen molar-refractivity contribution in [2.75, 3.05) is 0 Å². The predicted molar refractivity (Wildman–Crippen MR) is 86.4 cm³/mol. The van der Waals surface area contributed by atoms with Crippen molar-refractivity contribution in [2.45, 2.75) is 97.7 Å². The molecule has 0 heterocycles. The van der Waals surface area contributed by atoms with E-state index in [9.17, 15) is 9.59 Å². The Kier molecular flexibility index (Phi) is 6.05. The molecule has 0 N–H and O–H groups in total. The summed E-state index contributed by atoms with van der Waals surface area (Å²) in [6, 6.07) is 0. The van der Waals surface area contributed by atoms with Crippen molar-refractivity contribution in [3.63, 3.8) is 0 Å². The van der Waals surface area contributed by atoms with Crippen LogP contribution in [0.5, 0.6) is 0 Å². The van der Waals surface area contributed by atoms with Crippen molar-refractivity contribution in [1.82, 2.24) is 0 Å². The summed E-state index contributed by atoms with van der Waals surface area (Å²) in [5.41, 5.74) is -0.689. The van der Waals surface area contributed by atoms with E-state index in [1.165, 1.54) is 0 Å². The van der Waals surface area contributed by atoms with Gasteiger partial charge in [-0.15, -0.1) is 0 Å². The molecule has 1 aliphatic carbocycles. The van der Waals surface area contributed by atoms with Gasteiger partial charge in [-0.1, -0.05) is 6.42 Å². The molecule has 4 nitrogen and oxygen atoms in total. The molecule has 1 rings (SSSR count). The fraction of sp³-hybridized carbons (Fsp3) is 0.889. The van der Waals surface area contributed by atoms with E-state index in [-0.39, 0.29) is 17.4 Å². The standard InChI is InChI=1S/C18H32O4/c1-16(2,3)21-14(19)9-7-8-10-18(11-12-18)13-15(20)22-17(4,5)6/h7-13H2,1-6H3. The minimum absolute atomic E-state index is 0.0999. The molecule has 1 saturated carbocycles. The summed E-state index contributed by atoms with van der Waals surface area (Å²) in [5.74, 6) is -0.235. The van der Waals surface area contributed by atoms with Crippen molar-refractivity contribution in [2.24, 2.45) is 5.41 Å². The summed E-state index contributed by atoms with van der Waals surface area (Å²) in [6.45, 7) is 11.3. The molecular formula is C18H32O4. The summed E-state index contributed by atoms with van der Waals surface area (Å²) in [4.78, 5) is 23.6. The lowest BCUT2D eigenvalue weighted by molar-refractivity contribution is -0.157. The van der Waals surface area contributed by atoms with Crippen molar-refractivity contribution in [3.8, 4) is 0 Å². The first-order valence-corrected chi connectivity index (χ1v) is 8.35. The molecule has 0 saturated heterocycles. The average Bonchev–Trinajstić information content (AvgIpc) is 2.99. The average molecular weight is 312 g/mol. The van der Waals surface area contributed by atoms with E-state index in [4.69, 9.17) is 9.47 Å². The number of carbonyl (C=O) groups is 2. The van der Waals surface area contributed by atoms with E-state index < -0.39 is 11.2 Å². The van der Waals surface area contributed by atoms with Gasteiger partial charge in [-0.2, -0.15) is 0 Å². The zero-order valence-corrected chi connectivity index (χ0v) is 15.1. The monoisotopic (exact) mass is 312 g/mol. The lowest BCUT2D eigenvalue weighted by Crippen LogP contribution is -2.25. The zero-order valence-electron chi connectivity index (χ0n) is 15.1. The molecule has 1 fully saturated rings. The lowest BCUT2D eigenvalue weighted by atomic mass is 9.94. The maximum absolute atomic E-state index is 11.9. The Hall–Kier alpha value is -1.06. The number of ether oxygens (including phenoxy) is 2. The Morgan fingerprint density at radius 2 is 1.36 bits per heavy atom. The fourth-order valence-corrected chi connectivity index (χ4v) is 2.54. The minimum atomic E-state index is -0.413. The van der Waals surface area contributed by atoms with E-state index in [0.29, 0.717) is 12.8 Å². The summed E-state index contributed by atoms with van der Waals surface area (Å²) in [5, 5.41) is 0. The van der Waals surface area contributed by atoms with Crippen LogP contribution in [0.25, 0.3) is 0 Å². The van der Waals surface area contributed by atoms with Gasteiger partial charge in [-0.3, -0.25) is 9.59 Å². The maximum atomic E-state index is 11.9. The van der Waals surface area contributed by atoms with Crippen molar-refractivity contribution >= 4 is 11.9 Å². The van der Waals surface area contributed by atoms with Gasteiger partial charge in [0, 0.05) is 6.42 Å². The number of carbonyl (C=O) groups excluding carboxylic acids is 2. The molecule has 0 aliphatic heterocycles. The highest BCUT2D eigenvalue weighted by atomic mass is 16.6. The summed E-state index contributed by atoms with van der Waals surface area (Å²) >= 11 is 0. The Labute approximate surface area is 134 Å². The van der Waals surface area contributed by atoms with Gasteiger partial charge in [-0.05, 0) is 72.6 Å². The topological polar surface area (TPSA) is 52.6 Å². The highest BCUT2D eigenvalue weighted by molar-refractivity contribution is 5.71. The highest BCUT2D eigenvalue weighted by Gasteiger charge is 2.44. The second-order valence-electron chi connectivity index (χ2n) is 8.56. The van der Waals surface area contributed by atoms with Crippen LogP contribution in [0.4, 0.5) is 0 Å². The second-order valence-corrected chi connectivity index (χ2v) is 8.56. The molecule has 0 aromatic rings. The van der Waals surface area contributed by atoms with Crippen LogP contribution in [0.15, 0.2) is 0 Å². The minimum Gasteiger partial charge on any atom is -0.460 e. The van der Waals surface area contributed by atoms with E-state index in [2.05, 4.69) is 0 Å². The van der Waals surface area contributed by atoms with Crippen LogP contribution < -0.4 is 0 Å². The first-order chi connectivity index (χ1) is 9.91. The van der Waals surface area contributed by atoms with Crippen LogP contribution in [0.2, 0.25) is 0 Å². The zero-order chi connectivity index (χ0) is 17.0. The number of unbranched alkanes of at least 4 members (excludes halogenated alkanes) is 1. The van der Waals surface area contributed by atoms with Gasteiger partial charge < -0.3 is 9.47 Å². The highest BCUT2D eigenvalue weighted by Crippen LogP contribution is 2.53. The molecule has 0 radical (unpaired) electrons. The van der Waals surface area contributed by atoms with Crippen LogP contribution in [0.3, 0.4) is 0 Å². The van der Waals surface area contributed by atoms with Crippen LogP contribution in [0, 0.1) is 5.41 Å². The van der Waals surface area contributed by atoms with Gasteiger partial charge in [0.25, 0.3) is 0 Å². The third-order valence-corrected chi connectivity index (χ3v) is 3.65. The number of hydrogen-bond acceptors (Lipinski definition) is 4. The lowest BCUT2D eigenvalue weighted by Gasteiger charge is -2.22. The molecule has 0 atom stereocenters. The Morgan fingerprint density at radius 3 is 1.82 bits per heavy atom. The predicted octanol–water partition coefficient (Wildman–Crippen LogP) is 4.40. The van der Waals surface area contributed by atoms with Crippen LogP contribution >= 0.6 is 0 Å². The Bertz CT molecular complexity index is 394. The quantitative estimate of drug-likeness (QED) is 0.516. The van der Waals surface area contributed by atoms with Crippen LogP contribution in [-0.4, -0.2) is 23.1 Å². The van der Waals surface area contributed by atoms with Crippen molar-refractivity contribution in [1.29, 1.82) is 0 Å². The molecule has 22 heavy (non-hydrogen) atoms. The smallest absolute Gasteiger partial charge is 0.306 e. The molecule has 0 aromatic carbocycles.